The number of hydrogen-bond acceptors (Lipinski definition) is 3. The van der Waals surface area contributed by atoms with E-state index in [2.05, 4.69) is 4.90 Å². The molecule has 1 atom stereocenters. The van der Waals surface area contributed by atoms with Gasteiger partial charge in [-0.05, 0) is 31.5 Å². The van der Waals surface area contributed by atoms with E-state index in [4.69, 9.17) is 5.73 Å². The molecule has 1 aliphatic heterocycles. The van der Waals surface area contributed by atoms with Crippen molar-refractivity contribution >= 4 is 24.2 Å². The first-order chi connectivity index (χ1) is 9.67. The van der Waals surface area contributed by atoms with Crippen molar-refractivity contribution in [3.8, 4) is 0 Å². The fraction of sp³-hybridized carbons (Fsp3) is 0.600. The first-order valence-corrected chi connectivity index (χ1v) is 8.10. The van der Waals surface area contributed by atoms with E-state index < -0.39 is 11.7 Å². The highest BCUT2D eigenvalue weighted by Gasteiger charge is 2.33. The van der Waals surface area contributed by atoms with Crippen molar-refractivity contribution in [1.82, 2.24) is 4.90 Å². The molecule has 1 saturated heterocycles. The zero-order valence-electron chi connectivity index (χ0n) is 12.7. The molecule has 0 aliphatic carbocycles. The van der Waals surface area contributed by atoms with Gasteiger partial charge in [0.1, 0.15) is 0 Å². The molecular formula is C15H22ClF3N2S. The van der Waals surface area contributed by atoms with Crippen molar-refractivity contribution < 1.29 is 13.2 Å². The van der Waals surface area contributed by atoms with Crippen molar-refractivity contribution in [2.24, 2.45) is 5.73 Å². The first kappa shape index (κ1) is 19.6. The van der Waals surface area contributed by atoms with Gasteiger partial charge in [0.25, 0.3) is 0 Å². The predicted octanol–water partition coefficient (Wildman–Crippen LogP) is 3.95. The Balaban J connectivity index is 0.00000242. The standard InChI is InChI=1S/C15H21F3N2S.ClH/c1-14(2,19)10-20-6-7-21-9-13(20)11-4-3-5-12(8-11)15(16,17)18;/h3-5,8,13H,6-7,9-10,19H2,1-2H3;1H. The average molecular weight is 355 g/mol. The summed E-state index contributed by atoms with van der Waals surface area (Å²) in [6.45, 7) is 5.41. The van der Waals surface area contributed by atoms with Crippen LogP contribution in [0.3, 0.4) is 0 Å². The van der Waals surface area contributed by atoms with Gasteiger partial charge in [-0.3, -0.25) is 4.90 Å². The normalized spacial score (nSPS) is 20.5. The monoisotopic (exact) mass is 354 g/mol. The molecule has 1 heterocycles. The topological polar surface area (TPSA) is 29.3 Å². The van der Waals surface area contributed by atoms with Crippen LogP contribution in [0.25, 0.3) is 0 Å². The van der Waals surface area contributed by atoms with Crippen molar-refractivity contribution in [2.45, 2.75) is 31.6 Å². The maximum Gasteiger partial charge on any atom is 0.416 e. The van der Waals surface area contributed by atoms with E-state index in [0.29, 0.717) is 6.54 Å². The molecule has 0 amide bonds. The summed E-state index contributed by atoms with van der Waals surface area (Å²) in [4.78, 5) is 2.20. The van der Waals surface area contributed by atoms with Crippen LogP contribution in [0.1, 0.15) is 31.0 Å². The van der Waals surface area contributed by atoms with E-state index in [-0.39, 0.29) is 24.0 Å². The van der Waals surface area contributed by atoms with Crippen LogP contribution in [0.2, 0.25) is 0 Å². The fourth-order valence-corrected chi connectivity index (χ4v) is 3.74. The van der Waals surface area contributed by atoms with Gasteiger partial charge in [-0.15, -0.1) is 12.4 Å². The van der Waals surface area contributed by atoms with E-state index in [0.717, 1.165) is 29.7 Å². The Labute approximate surface area is 140 Å². The van der Waals surface area contributed by atoms with E-state index >= 15 is 0 Å². The lowest BCUT2D eigenvalue weighted by Gasteiger charge is -2.39. The van der Waals surface area contributed by atoms with Crippen LogP contribution in [0, 0.1) is 0 Å². The second-order valence-electron chi connectivity index (χ2n) is 6.17. The van der Waals surface area contributed by atoms with Crippen molar-refractivity contribution in [3.05, 3.63) is 35.4 Å². The van der Waals surface area contributed by atoms with Crippen LogP contribution in [0.5, 0.6) is 0 Å². The molecule has 0 radical (unpaired) electrons. The minimum absolute atomic E-state index is 0. The molecule has 126 valence electrons. The number of halogens is 4. The summed E-state index contributed by atoms with van der Waals surface area (Å²) in [6.07, 6.45) is -4.30. The predicted molar refractivity (Wildman–Crippen MR) is 88.6 cm³/mol. The molecule has 2 nitrogen and oxygen atoms in total. The number of thioether (sulfide) groups is 1. The smallest absolute Gasteiger partial charge is 0.324 e. The lowest BCUT2D eigenvalue weighted by molar-refractivity contribution is -0.137. The second kappa shape index (κ2) is 7.43. The molecule has 0 saturated carbocycles. The van der Waals surface area contributed by atoms with E-state index in [1.165, 1.54) is 12.1 Å². The lowest BCUT2D eigenvalue weighted by Crippen LogP contribution is -2.49. The summed E-state index contributed by atoms with van der Waals surface area (Å²) in [6, 6.07) is 5.66. The average Bonchev–Trinajstić information content (AvgIpc) is 2.37. The molecule has 1 aromatic carbocycles. The largest absolute Gasteiger partial charge is 0.416 e. The summed E-state index contributed by atoms with van der Waals surface area (Å²) in [5.74, 6) is 1.79. The third-order valence-corrected chi connectivity index (χ3v) is 4.47. The summed E-state index contributed by atoms with van der Waals surface area (Å²) in [7, 11) is 0. The third-order valence-electron chi connectivity index (χ3n) is 3.45. The van der Waals surface area contributed by atoms with Gasteiger partial charge < -0.3 is 5.73 Å². The van der Waals surface area contributed by atoms with Gasteiger partial charge in [-0.2, -0.15) is 24.9 Å². The highest BCUT2D eigenvalue weighted by molar-refractivity contribution is 7.99. The molecule has 1 fully saturated rings. The molecule has 0 bridgehead atoms. The summed E-state index contributed by atoms with van der Waals surface area (Å²) in [5.41, 5.74) is 5.86. The second-order valence-corrected chi connectivity index (χ2v) is 7.32. The van der Waals surface area contributed by atoms with Crippen LogP contribution < -0.4 is 5.73 Å². The lowest BCUT2D eigenvalue weighted by atomic mass is 10.00. The number of nitrogens with zero attached hydrogens (tertiary/aromatic N) is 1. The van der Waals surface area contributed by atoms with Crippen LogP contribution in [0.15, 0.2) is 24.3 Å². The third kappa shape index (κ3) is 5.33. The molecule has 1 aliphatic rings. The Kier molecular flexibility index (Phi) is 6.62. The Morgan fingerprint density at radius 1 is 1.32 bits per heavy atom. The van der Waals surface area contributed by atoms with Gasteiger partial charge in [0.15, 0.2) is 0 Å². The molecule has 0 spiro atoms. The van der Waals surface area contributed by atoms with Crippen molar-refractivity contribution in [1.29, 1.82) is 0 Å². The quantitative estimate of drug-likeness (QED) is 0.891. The van der Waals surface area contributed by atoms with E-state index in [1.807, 2.05) is 13.8 Å². The maximum absolute atomic E-state index is 12.9. The van der Waals surface area contributed by atoms with Crippen molar-refractivity contribution in [2.75, 3.05) is 24.6 Å². The fourth-order valence-electron chi connectivity index (χ4n) is 2.58. The van der Waals surface area contributed by atoms with Crippen molar-refractivity contribution in [3.63, 3.8) is 0 Å². The highest BCUT2D eigenvalue weighted by Crippen LogP contribution is 2.34. The zero-order valence-corrected chi connectivity index (χ0v) is 14.3. The van der Waals surface area contributed by atoms with E-state index in [1.54, 1.807) is 17.8 Å². The molecule has 7 heteroatoms. The SMILES string of the molecule is CC(C)(N)CN1CCSCC1c1cccc(C(F)(F)F)c1.Cl. The molecule has 1 aromatic rings. The Morgan fingerprint density at radius 3 is 2.59 bits per heavy atom. The molecule has 22 heavy (non-hydrogen) atoms. The minimum Gasteiger partial charge on any atom is -0.324 e. The van der Waals surface area contributed by atoms with Gasteiger partial charge in [0.05, 0.1) is 5.56 Å². The van der Waals surface area contributed by atoms with Crippen LogP contribution in [-0.4, -0.2) is 35.0 Å². The minimum atomic E-state index is -4.30. The first-order valence-electron chi connectivity index (χ1n) is 6.95. The molecule has 1 unspecified atom stereocenters. The number of hydrogen-bond donors (Lipinski definition) is 1. The zero-order chi connectivity index (χ0) is 15.7. The molecule has 0 aromatic heterocycles. The Bertz CT molecular complexity index is 488. The van der Waals surface area contributed by atoms with E-state index in [9.17, 15) is 13.2 Å². The van der Waals surface area contributed by atoms with Crippen LogP contribution >= 0.6 is 24.2 Å². The van der Waals surface area contributed by atoms with Crippen LogP contribution in [0.4, 0.5) is 13.2 Å². The van der Waals surface area contributed by atoms with Gasteiger partial charge in [0.2, 0.25) is 0 Å². The number of alkyl halides is 3. The number of nitrogens with two attached hydrogens (primary N) is 1. The van der Waals surface area contributed by atoms with Gasteiger partial charge in [-0.25, -0.2) is 0 Å². The summed E-state index contributed by atoms with van der Waals surface area (Å²) < 4.78 is 38.6. The molecular weight excluding hydrogens is 333 g/mol. The van der Waals surface area contributed by atoms with Gasteiger partial charge >= 0.3 is 6.18 Å². The summed E-state index contributed by atoms with van der Waals surface area (Å²) in [5, 5.41) is 0. The Morgan fingerprint density at radius 2 is 2.00 bits per heavy atom. The van der Waals surface area contributed by atoms with Gasteiger partial charge in [0, 0.05) is 36.2 Å². The van der Waals surface area contributed by atoms with Crippen LogP contribution in [-0.2, 0) is 6.18 Å². The molecule has 2 rings (SSSR count). The maximum atomic E-state index is 12.9. The van der Waals surface area contributed by atoms with Gasteiger partial charge in [-0.1, -0.05) is 12.1 Å². The summed E-state index contributed by atoms with van der Waals surface area (Å²) >= 11 is 1.78. The molecule has 2 N–H and O–H groups in total. The Hall–Kier alpha value is -0.430. The number of benzene rings is 1. The highest BCUT2D eigenvalue weighted by atomic mass is 35.5. The number of rotatable bonds is 3.